The van der Waals surface area contributed by atoms with Crippen molar-refractivity contribution in [2.75, 3.05) is 25.0 Å². The van der Waals surface area contributed by atoms with Crippen LogP contribution in [-0.4, -0.2) is 99.5 Å². The van der Waals surface area contributed by atoms with E-state index in [2.05, 4.69) is 38.1 Å². The fraction of sp³-hybridized carbons (Fsp3) is 0.469. The molecule has 2 aromatic rings. The highest BCUT2D eigenvalue weighted by Crippen LogP contribution is 2.30. The number of benzene rings is 1. The zero-order valence-corrected chi connectivity index (χ0v) is 27.4. The summed E-state index contributed by atoms with van der Waals surface area (Å²) in [4.78, 5) is 79.8. The van der Waals surface area contributed by atoms with Crippen LogP contribution in [0.3, 0.4) is 0 Å². The summed E-state index contributed by atoms with van der Waals surface area (Å²) in [5, 5.41) is 31.5. The molecular weight excluding hydrogens is 645 g/mol. The van der Waals surface area contributed by atoms with Crippen molar-refractivity contribution < 1.29 is 43.3 Å². The first-order valence-electron chi connectivity index (χ1n) is 15.5. The highest BCUT2D eigenvalue weighted by Gasteiger charge is 2.45. The molecule has 1 aromatic carbocycles. The molecule has 0 bridgehead atoms. The quantitative estimate of drug-likeness (QED) is 0.105. The highest BCUT2D eigenvalue weighted by molar-refractivity contribution is 5.97. The summed E-state index contributed by atoms with van der Waals surface area (Å²) in [6.07, 6.45) is -5.06. The smallest absolute Gasteiger partial charge is 0.351 e. The van der Waals surface area contributed by atoms with Gasteiger partial charge in [-0.05, 0) is 30.9 Å². The topological polar surface area (TPSA) is 230 Å². The molecule has 1 aromatic heterocycles. The van der Waals surface area contributed by atoms with Gasteiger partial charge in [-0.25, -0.2) is 9.18 Å². The van der Waals surface area contributed by atoms with E-state index in [0.29, 0.717) is 0 Å². The molecule has 0 radical (unpaired) electrons. The maximum Gasteiger partial charge on any atom is 0.351 e. The van der Waals surface area contributed by atoms with Crippen LogP contribution in [0.15, 0.2) is 59.5 Å². The number of aliphatic hydroxyl groups excluding tert-OH is 2. The fourth-order valence-corrected chi connectivity index (χ4v) is 4.82. The van der Waals surface area contributed by atoms with Crippen LogP contribution < -0.4 is 32.3 Å². The minimum atomic E-state index is -2.01. The zero-order valence-electron chi connectivity index (χ0n) is 27.4. The molecule has 17 heteroatoms. The molecule has 266 valence electrons. The Balaban J connectivity index is 1.63. The molecule has 3 unspecified atom stereocenters. The van der Waals surface area contributed by atoms with E-state index < -0.39 is 91.6 Å². The van der Waals surface area contributed by atoms with Gasteiger partial charge in [-0.3, -0.25) is 28.5 Å². The number of hydrogen-bond donors (Lipinski definition) is 7. The van der Waals surface area contributed by atoms with Gasteiger partial charge in [0.1, 0.15) is 30.1 Å². The van der Waals surface area contributed by atoms with Gasteiger partial charge < -0.3 is 41.5 Å². The van der Waals surface area contributed by atoms with E-state index in [1.165, 1.54) is 13.0 Å². The highest BCUT2D eigenvalue weighted by atomic mass is 19.1. The third-order valence-electron chi connectivity index (χ3n) is 7.34. The monoisotopic (exact) mass is 687 g/mol. The Kier molecular flexibility index (Phi) is 14.1. The number of hydrogen-bond acceptors (Lipinski definition) is 10. The van der Waals surface area contributed by atoms with Crippen LogP contribution in [0.5, 0.6) is 0 Å². The zero-order chi connectivity index (χ0) is 36.2. The molecule has 1 fully saturated rings. The lowest BCUT2D eigenvalue weighted by Crippen LogP contribution is -2.56. The van der Waals surface area contributed by atoms with Crippen molar-refractivity contribution in [3.63, 3.8) is 0 Å². The molecule has 16 nitrogen and oxygen atoms in total. The first-order valence-corrected chi connectivity index (χ1v) is 15.5. The Morgan fingerprint density at radius 3 is 2.27 bits per heavy atom. The summed E-state index contributed by atoms with van der Waals surface area (Å²) in [7, 11) is 0. The summed E-state index contributed by atoms with van der Waals surface area (Å²) in [6.45, 7) is 7.01. The van der Waals surface area contributed by atoms with Crippen molar-refractivity contribution in [3.8, 4) is 0 Å². The summed E-state index contributed by atoms with van der Waals surface area (Å²) >= 11 is 0. The molecule has 7 N–H and O–H groups in total. The number of nitrogens with one attached hydrogen (secondary N) is 5. The predicted molar refractivity (Wildman–Crippen MR) is 173 cm³/mol. The van der Waals surface area contributed by atoms with Crippen molar-refractivity contribution in [1.29, 1.82) is 0 Å². The third kappa shape index (κ3) is 11.3. The maximum atomic E-state index is 14.4. The number of amides is 5. The molecule has 1 saturated heterocycles. The summed E-state index contributed by atoms with van der Waals surface area (Å²) in [5.41, 5.74) is -0.0740. The Bertz CT molecular complexity index is 1570. The lowest BCUT2D eigenvalue weighted by molar-refractivity contribution is -0.132. The summed E-state index contributed by atoms with van der Waals surface area (Å²) in [6, 6.07) is 7.82. The molecule has 1 aliphatic rings. The van der Waals surface area contributed by atoms with Crippen LogP contribution in [0.25, 0.3) is 0 Å². The second kappa shape index (κ2) is 18.0. The van der Waals surface area contributed by atoms with E-state index in [0.717, 1.165) is 16.3 Å². The molecule has 1 aliphatic heterocycles. The molecule has 3 rings (SSSR count). The number of halogens is 1. The molecule has 2 heterocycles. The van der Waals surface area contributed by atoms with Gasteiger partial charge in [0.05, 0.1) is 19.7 Å². The Morgan fingerprint density at radius 1 is 1.00 bits per heavy atom. The van der Waals surface area contributed by atoms with Gasteiger partial charge in [0, 0.05) is 18.2 Å². The SMILES string of the molecule is C=C(C)C(=O)NCC(=O)NC(Cc1ccccc1)C(=O)NC(CC(C)C)C(=O)NCC(=O)Nc1ccn([C@@H]2O[C@H](CO)C(O)[C@@H]2F)c(=O)n1. The lowest BCUT2D eigenvalue weighted by atomic mass is 10.0. The first kappa shape index (κ1) is 38.4. The van der Waals surface area contributed by atoms with E-state index in [9.17, 15) is 43.4 Å². The summed E-state index contributed by atoms with van der Waals surface area (Å²) < 4.78 is 20.4. The van der Waals surface area contributed by atoms with E-state index in [1.807, 2.05) is 13.8 Å². The third-order valence-corrected chi connectivity index (χ3v) is 7.34. The van der Waals surface area contributed by atoms with Crippen LogP contribution in [0, 0.1) is 5.92 Å². The predicted octanol–water partition coefficient (Wildman–Crippen LogP) is -1.16. The standard InChI is InChI=1S/C32H42FN7O9/c1-17(2)12-20(37-30(47)21(13-19-8-6-5-7-9-19)36-24(42)14-34-28(45)18(3)4)29(46)35-15-25(43)38-23-10-11-40(32(48)39-23)31-26(33)27(44)22(16-41)49-31/h5-11,17,20-22,26-27,31,41,44H,3,12-16H2,1-2,4H3,(H,34,45)(H,35,46)(H,36,42)(H,37,47)(H,38,39,43,48)/t20?,21?,22-,26+,27?,31-/m1/s1. The number of carbonyl (C=O) groups excluding carboxylic acids is 5. The van der Waals surface area contributed by atoms with Crippen LogP contribution >= 0.6 is 0 Å². The molecular formula is C32H42FN7O9. The van der Waals surface area contributed by atoms with E-state index in [-0.39, 0.29) is 30.2 Å². The maximum absolute atomic E-state index is 14.4. The molecule has 49 heavy (non-hydrogen) atoms. The van der Waals surface area contributed by atoms with Crippen molar-refractivity contribution in [1.82, 2.24) is 30.8 Å². The number of carbonyl (C=O) groups is 5. The van der Waals surface area contributed by atoms with Crippen LogP contribution in [0.1, 0.15) is 39.0 Å². The number of anilines is 1. The normalized spacial score (nSPS) is 19.7. The molecule has 6 atom stereocenters. The Labute approximate surface area is 281 Å². The number of alkyl halides is 1. The van der Waals surface area contributed by atoms with Gasteiger partial charge >= 0.3 is 5.69 Å². The van der Waals surface area contributed by atoms with E-state index in [1.54, 1.807) is 30.3 Å². The van der Waals surface area contributed by atoms with Crippen molar-refractivity contribution in [3.05, 3.63) is 70.8 Å². The van der Waals surface area contributed by atoms with Crippen LogP contribution in [0.2, 0.25) is 0 Å². The second-order valence-corrected chi connectivity index (χ2v) is 11.9. The molecule has 5 amide bonds. The number of nitrogens with zero attached hydrogens (tertiary/aromatic N) is 2. The average Bonchev–Trinajstić information content (AvgIpc) is 3.34. The number of aliphatic hydroxyl groups is 2. The number of aromatic nitrogens is 2. The van der Waals surface area contributed by atoms with Gasteiger partial charge in [-0.15, -0.1) is 0 Å². The van der Waals surface area contributed by atoms with Gasteiger partial charge in [0.25, 0.3) is 0 Å². The Hall–Kier alpha value is -5.00. The largest absolute Gasteiger partial charge is 0.394 e. The minimum Gasteiger partial charge on any atom is -0.394 e. The van der Waals surface area contributed by atoms with Crippen LogP contribution in [-0.2, 0) is 35.1 Å². The molecule has 0 aliphatic carbocycles. The van der Waals surface area contributed by atoms with Gasteiger partial charge in [0.15, 0.2) is 12.4 Å². The molecule has 0 saturated carbocycles. The second-order valence-electron chi connectivity index (χ2n) is 11.9. The first-order chi connectivity index (χ1) is 23.2. The van der Waals surface area contributed by atoms with Gasteiger partial charge in [-0.1, -0.05) is 50.8 Å². The molecule has 0 spiro atoms. The number of rotatable bonds is 16. The lowest BCUT2D eigenvalue weighted by Gasteiger charge is -2.24. The Morgan fingerprint density at radius 2 is 1.67 bits per heavy atom. The van der Waals surface area contributed by atoms with E-state index in [4.69, 9.17) is 4.74 Å². The van der Waals surface area contributed by atoms with Crippen molar-refractivity contribution in [2.24, 2.45) is 5.92 Å². The minimum absolute atomic E-state index is 0.0679. The van der Waals surface area contributed by atoms with Crippen LogP contribution in [0.4, 0.5) is 10.2 Å². The van der Waals surface area contributed by atoms with Gasteiger partial charge in [-0.2, -0.15) is 4.98 Å². The fourth-order valence-electron chi connectivity index (χ4n) is 4.82. The summed E-state index contributed by atoms with van der Waals surface area (Å²) in [5.74, 6) is -3.57. The van der Waals surface area contributed by atoms with Crippen molar-refractivity contribution >= 4 is 35.4 Å². The van der Waals surface area contributed by atoms with E-state index >= 15 is 0 Å². The average molecular weight is 688 g/mol. The van der Waals surface area contributed by atoms with Crippen molar-refractivity contribution in [2.45, 2.75) is 70.3 Å². The van der Waals surface area contributed by atoms with Gasteiger partial charge in [0.2, 0.25) is 29.5 Å². The number of ether oxygens (including phenoxy) is 1.